The van der Waals surface area contributed by atoms with Crippen LogP contribution >= 0.6 is 0 Å². The Balaban J connectivity index is 4.58. The highest BCUT2D eigenvalue weighted by molar-refractivity contribution is 5.15. The average molecular weight is 170 g/mol. The lowest BCUT2D eigenvalue weighted by molar-refractivity contribution is -0.0446. The van der Waals surface area contributed by atoms with Gasteiger partial charge in [0.25, 0.3) is 0 Å². The van der Waals surface area contributed by atoms with E-state index < -0.39 is 24.2 Å². The number of aliphatic hydroxyl groups excluding tert-OH is 3. The lowest BCUT2D eigenvalue weighted by Crippen LogP contribution is -2.41. The summed E-state index contributed by atoms with van der Waals surface area (Å²) in [6.07, 6.45) is -3.02. The van der Waals surface area contributed by atoms with E-state index in [0.29, 0.717) is 0 Å². The number of nitriles is 2. The molecule has 0 amide bonds. The summed E-state index contributed by atoms with van der Waals surface area (Å²) in [5, 5.41) is 43.5. The topological polar surface area (TPSA) is 108 Å². The van der Waals surface area contributed by atoms with E-state index in [4.69, 9.17) is 20.7 Å². The molecule has 0 aromatic rings. The normalized spacial score (nSPS) is 15.8. The largest absolute Gasteiger partial charge is 0.394 e. The van der Waals surface area contributed by atoms with Crippen LogP contribution in [0.5, 0.6) is 0 Å². The van der Waals surface area contributed by atoms with Crippen molar-refractivity contribution in [2.45, 2.75) is 19.1 Å². The zero-order valence-electron chi connectivity index (χ0n) is 6.60. The number of rotatable bonds is 3. The van der Waals surface area contributed by atoms with Gasteiger partial charge in [0.05, 0.1) is 18.7 Å². The number of nitrogens with zero attached hydrogens (tertiary/aromatic N) is 2. The summed E-state index contributed by atoms with van der Waals surface area (Å²) in [7, 11) is 0. The van der Waals surface area contributed by atoms with Gasteiger partial charge in [0.2, 0.25) is 0 Å². The molecule has 0 fully saturated rings. The molecule has 0 aliphatic carbocycles. The van der Waals surface area contributed by atoms with E-state index in [1.165, 1.54) is 6.92 Å². The van der Waals surface area contributed by atoms with Gasteiger partial charge in [-0.25, -0.2) is 0 Å². The van der Waals surface area contributed by atoms with Crippen molar-refractivity contribution in [2.24, 2.45) is 5.41 Å². The summed E-state index contributed by atoms with van der Waals surface area (Å²) >= 11 is 0. The Bertz CT molecular complexity index is 214. The summed E-state index contributed by atoms with van der Waals surface area (Å²) in [6, 6.07) is 3.12. The fourth-order valence-electron chi connectivity index (χ4n) is 0.642. The molecule has 0 heterocycles. The Morgan fingerprint density at radius 1 is 1.33 bits per heavy atom. The van der Waals surface area contributed by atoms with E-state index in [0.717, 1.165) is 0 Å². The minimum Gasteiger partial charge on any atom is -0.394 e. The van der Waals surface area contributed by atoms with Crippen LogP contribution in [0.2, 0.25) is 0 Å². The Morgan fingerprint density at radius 3 is 2.00 bits per heavy atom. The molecule has 0 bridgehead atoms. The molecule has 0 aliphatic heterocycles. The first-order chi connectivity index (χ1) is 5.51. The Hall–Kier alpha value is -1.14. The van der Waals surface area contributed by atoms with Gasteiger partial charge in [0.15, 0.2) is 5.41 Å². The highest BCUT2D eigenvalue weighted by Gasteiger charge is 2.37. The minimum atomic E-state index is -1.68. The van der Waals surface area contributed by atoms with Crippen molar-refractivity contribution in [3.8, 4) is 12.1 Å². The molecule has 0 saturated heterocycles. The molecule has 0 aromatic heterocycles. The van der Waals surface area contributed by atoms with Crippen molar-refractivity contribution >= 4 is 0 Å². The van der Waals surface area contributed by atoms with Crippen molar-refractivity contribution in [1.82, 2.24) is 0 Å². The molecule has 2 atom stereocenters. The molecule has 0 radical (unpaired) electrons. The molecular formula is C7H10N2O3. The van der Waals surface area contributed by atoms with E-state index in [2.05, 4.69) is 0 Å². The second-order valence-electron chi connectivity index (χ2n) is 2.62. The molecule has 0 aromatic carbocycles. The van der Waals surface area contributed by atoms with Crippen molar-refractivity contribution in [3.05, 3.63) is 0 Å². The lowest BCUT2D eigenvalue weighted by Gasteiger charge is -2.23. The fourth-order valence-corrected chi connectivity index (χ4v) is 0.642. The van der Waals surface area contributed by atoms with Gasteiger partial charge >= 0.3 is 0 Å². The maximum absolute atomic E-state index is 9.18. The molecule has 5 nitrogen and oxygen atoms in total. The van der Waals surface area contributed by atoms with E-state index in [1.807, 2.05) is 0 Å². The maximum atomic E-state index is 9.18. The molecule has 3 N–H and O–H groups in total. The molecule has 5 heteroatoms. The first kappa shape index (κ1) is 10.9. The monoisotopic (exact) mass is 170 g/mol. The Labute approximate surface area is 70.1 Å². The van der Waals surface area contributed by atoms with Gasteiger partial charge in [0, 0.05) is 0 Å². The minimum absolute atomic E-state index is 0.680. The van der Waals surface area contributed by atoms with E-state index in [-0.39, 0.29) is 0 Å². The van der Waals surface area contributed by atoms with Gasteiger partial charge in [-0.15, -0.1) is 0 Å². The van der Waals surface area contributed by atoms with Crippen molar-refractivity contribution in [3.63, 3.8) is 0 Å². The van der Waals surface area contributed by atoms with Gasteiger partial charge in [-0.2, -0.15) is 10.5 Å². The zero-order valence-corrected chi connectivity index (χ0v) is 6.60. The van der Waals surface area contributed by atoms with Crippen LogP contribution in [0.25, 0.3) is 0 Å². The molecule has 66 valence electrons. The third kappa shape index (κ3) is 1.93. The smallest absolute Gasteiger partial charge is 0.169 e. The maximum Gasteiger partial charge on any atom is 0.169 e. The van der Waals surface area contributed by atoms with Crippen LogP contribution in [0.3, 0.4) is 0 Å². The van der Waals surface area contributed by atoms with E-state index in [9.17, 15) is 5.11 Å². The third-order valence-electron chi connectivity index (χ3n) is 1.61. The molecular weight excluding hydrogens is 160 g/mol. The highest BCUT2D eigenvalue weighted by atomic mass is 16.4. The van der Waals surface area contributed by atoms with Gasteiger partial charge in [-0.05, 0) is 6.92 Å². The third-order valence-corrected chi connectivity index (χ3v) is 1.61. The Kier molecular flexibility index (Phi) is 3.65. The van der Waals surface area contributed by atoms with Crippen molar-refractivity contribution < 1.29 is 15.3 Å². The van der Waals surface area contributed by atoms with Gasteiger partial charge in [-0.3, -0.25) is 0 Å². The van der Waals surface area contributed by atoms with Crippen LogP contribution in [0.15, 0.2) is 0 Å². The van der Waals surface area contributed by atoms with Crippen LogP contribution in [0, 0.1) is 28.1 Å². The standard InChI is InChI=1S/C7H10N2O3/c1-7(3-8,4-9)6(12)5(11)2-10/h5-6,10-12H,2H2,1H3. The quantitative estimate of drug-likeness (QED) is 0.490. The first-order valence-electron chi connectivity index (χ1n) is 3.31. The number of hydrogen-bond acceptors (Lipinski definition) is 5. The van der Waals surface area contributed by atoms with Gasteiger partial charge in [0.1, 0.15) is 12.2 Å². The number of hydrogen-bond donors (Lipinski definition) is 3. The summed E-state index contributed by atoms with van der Waals surface area (Å²) < 4.78 is 0. The van der Waals surface area contributed by atoms with Crippen LogP contribution in [0.1, 0.15) is 6.92 Å². The van der Waals surface area contributed by atoms with Crippen molar-refractivity contribution in [1.29, 1.82) is 10.5 Å². The van der Waals surface area contributed by atoms with Crippen LogP contribution in [-0.2, 0) is 0 Å². The predicted molar refractivity (Wildman–Crippen MR) is 38.4 cm³/mol. The van der Waals surface area contributed by atoms with Crippen LogP contribution in [0.4, 0.5) is 0 Å². The van der Waals surface area contributed by atoms with E-state index in [1.54, 1.807) is 12.1 Å². The SMILES string of the molecule is CC(C#N)(C#N)C(O)C(O)CO. The lowest BCUT2D eigenvalue weighted by atomic mass is 9.85. The summed E-state index contributed by atoms with van der Waals surface area (Å²) in [5.74, 6) is 0. The average Bonchev–Trinajstić information content (AvgIpc) is 2.14. The van der Waals surface area contributed by atoms with Gasteiger partial charge < -0.3 is 15.3 Å². The highest BCUT2D eigenvalue weighted by Crippen LogP contribution is 2.21. The summed E-state index contributed by atoms with van der Waals surface area (Å²) in [4.78, 5) is 0. The Morgan fingerprint density at radius 2 is 1.75 bits per heavy atom. The molecule has 2 unspecified atom stereocenters. The molecule has 0 rings (SSSR count). The predicted octanol–water partition coefficient (Wildman–Crippen LogP) is -1.25. The van der Waals surface area contributed by atoms with Crippen molar-refractivity contribution in [2.75, 3.05) is 6.61 Å². The molecule has 0 spiro atoms. The number of aliphatic hydroxyl groups is 3. The summed E-state index contributed by atoms with van der Waals surface area (Å²) in [5.41, 5.74) is -1.68. The van der Waals surface area contributed by atoms with Crippen LogP contribution < -0.4 is 0 Å². The zero-order chi connectivity index (χ0) is 9.78. The first-order valence-corrected chi connectivity index (χ1v) is 3.31. The second kappa shape index (κ2) is 4.03. The molecule has 12 heavy (non-hydrogen) atoms. The van der Waals surface area contributed by atoms with E-state index >= 15 is 0 Å². The molecule has 0 saturated carbocycles. The fraction of sp³-hybridized carbons (Fsp3) is 0.714. The second-order valence-corrected chi connectivity index (χ2v) is 2.62. The molecule has 0 aliphatic rings. The van der Waals surface area contributed by atoms with Gasteiger partial charge in [-0.1, -0.05) is 0 Å². The summed E-state index contributed by atoms with van der Waals surface area (Å²) in [6.45, 7) is 0.511. The van der Waals surface area contributed by atoms with Crippen LogP contribution in [-0.4, -0.2) is 34.1 Å².